The van der Waals surface area contributed by atoms with Crippen LogP contribution in [0.5, 0.6) is 5.75 Å². The molecule has 0 saturated carbocycles. The number of primary amides is 1. The van der Waals surface area contributed by atoms with Gasteiger partial charge in [0.1, 0.15) is 11.8 Å². The Labute approximate surface area is 138 Å². The van der Waals surface area contributed by atoms with E-state index in [4.69, 9.17) is 15.2 Å². The minimum atomic E-state index is -0.992. The van der Waals surface area contributed by atoms with Gasteiger partial charge in [0.2, 0.25) is 11.8 Å². The van der Waals surface area contributed by atoms with Gasteiger partial charge in [-0.1, -0.05) is 0 Å². The average molecular weight is 337 g/mol. The summed E-state index contributed by atoms with van der Waals surface area (Å²) in [5.41, 5.74) is 5.64. The van der Waals surface area contributed by atoms with E-state index in [0.717, 1.165) is 0 Å². The first-order valence-electron chi connectivity index (χ1n) is 7.41. The molecule has 1 fully saturated rings. The van der Waals surface area contributed by atoms with Crippen LogP contribution < -0.4 is 15.8 Å². The number of benzene rings is 1. The molecular formula is C15H19N3O6. The highest BCUT2D eigenvalue weighted by Gasteiger charge is 2.28. The SMILES string of the molecule is COc1ccc([N+](=O)[O-])cc1C[C@@H](NC(=O)[C@H]1CCOC1)C(N)=O. The van der Waals surface area contributed by atoms with Crippen molar-refractivity contribution in [3.8, 4) is 5.75 Å². The Kier molecular flexibility index (Phi) is 5.69. The second kappa shape index (κ2) is 7.73. The van der Waals surface area contributed by atoms with Gasteiger partial charge in [0.25, 0.3) is 5.69 Å². The van der Waals surface area contributed by atoms with Gasteiger partial charge in [0.05, 0.1) is 24.6 Å². The Morgan fingerprint density at radius 2 is 2.29 bits per heavy atom. The van der Waals surface area contributed by atoms with E-state index in [9.17, 15) is 19.7 Å². The molecule has 0 radical (unpaired) electrons. The molecule has 1 aliphatic rings. The highest BCUT2D eigenvalue weighted by atomic mass is 16.6. The van der Waals surface area contributed by atoms with E-state index in [-0.39, 0.29) is 23.9 Å². The summed E-state index contributed by atoms with van der Waals surface area (Å²) in [6, 6.07) is 3.06. The number of carbonyl (C=O) groups excluding carboxylic acids is 2. The van der Waals surface area contributed by atoms with Gasteiger partial charge in [0.15, 0.2) is 0 Å². The Hall–Kier alpha value is -2.68. The van der Waals surface area contributed by atoms with Gasteiger partial charge in [-0.3, -0.25) is 19.7 Å². The molecule has 1 aromatic carbocycles. The van der Waals surface area contributed by atoms with Crippen molar-refractivity contribution < 1.29 is 24.0 Å². The van der Waals surface area contributed by atoms with Gasteiger partial charge < -0.3 is 20.5 Å². The second-order valence-corrected chi connectivity index (χ2v) is 5.48. The molecule has 9 nitrogen and oxygen atoms in total. The summed E-state index contributed by atoms with van der Waals surface area (Å²) in [5.74, 6) is -0.985. The van der Waals surface area contributed by atoms with Crippen LogP contribution in [0.3, 0.4) is 0 Å². The number of rotatable bonds is 7. The van der Waals surface area contributed by atoms with Crippen molar-refractivity contribution >= 4 is 17.5 Å². The summed E-state index contributed by atoms with van der Waals surface area (Å²) in [7, 11) is 1.42. The van der Waals surface area contributed by atoms with Crippen LogP contribution in [0.2, 0.25) is 0 Å². The molecule has 2 amide bonds. The lowest BCUT2D eigenvalue weighted by Crippen LogP contribution is -2.48. The van der Waals surface area contributed by atoms with Crippen molar-refractivity contribution in [3.05, 3.63) is 33.9 Å². The van der Waals surface area contributed by atoms with E-state index in [1.807, 2.05) is 0 Å². The Balaban J connectivity index is 2.17. The van der Waals surface area contributed by atoms with E-state index in [2.05, 4.69) is 5.32 Å². The molecule has 130 valence electrons. The zero-order chi connectivity index (χ0) is 17.7. The van der Waals surface area contributed by atoms with Gasteiger partial charge >= 0.3 is 0 Å². The third-order valence-electron chi connectivity index (χ3n) is 3.86. The number of nitrogens with one attached hydrogen (secondary N) is 1. The average Bonchev–Trinajstić information content (AvgIpc) is 3.08. The molecule has 0 aromatic heterocycles. The monoisotopic (exact) mass is 337 g/mol. The molecule has 1 aromatic rings. The summed E-state index contributed by atoms with van der Waals surface area (Å²) in [6.07, 6.45) is 0.580. The minimum absolute atomic E-state index is 0.000492. The Morgan fingerprint density at radius 1 is 1.54 bits per heavy atom. The number of ether oxygens (including phenoxy) is 2. The fourth-order valence-corrected chi connectivity index (χ4v) is 2.51. The summed E-state index contributed by atoms with van der Waals surface area (Å²) in [4.78, 5) is 34.2. The zero-order valence-corrected chi connectivity index (χ0v) is 13.2. The first-order valence-corrected chi connectivity index (χ1v) is 7.41. The number of hydrogen-bond acceptors (Lipinski definition) is 6. The van der Waals surface area contributed by atoms with Crippen LogP contribution in [0.15, 0.2) is 18.2 Å². The van der Waals surface area contributed by atoms with Crippen LogP contribution in [-0.2, 0) is 20.7 Å². The standard InChI is InChI=1S/C15H19N3O6/c1-23-13-3-2-11(18(21)22)6-10(13)7-12(14(16)19)17-15(20)9-4-5-24-8-9/h2-3,6,9,12H,4-5,7-8H2,1H3,(H2,16,19)(H,17,20)/t9-,12+/m0/s1. The number of nitrogens with two attached hydrogens (primary N) is 1. The maximum Gasteiger partial charge on any atom is 0.269 e. The molecule has 0 bridgehead atoms. The number of hydrogen-bond donors (Lipinski definition) is 2. The largest absolute Gasteiger partial charge is 0.496 e. The van der Waals surface area contributed by atoms with Crippen LogP contribution >= 0.6 is 0 Å². The predicted octanol–water partition coefficient (Wildman–Crippen LogP) is 0.152. The molecular weight excluding hydrogens is 318 g/mol. The van der Waals surface area contributed by atoms with Gasteiger partial charge in [-0.2, -0.15) is 0 Å². The molecule has 9 heteroatoms. The van der Waals surface area contributed by atoms with Crippen molar-refractivity contribution in [2.75, 3.05) is 20.3 Å². The van der Waals surface area contributed by atoms with E-state index in [0.29, 0.717) is 30.9 Å². The number of amides is 2. The van der Waals surface area contributed by atoms with Crippen LogP contribution in [0, 0.1) is 16.0 Å². The fourth-order valence-electron chi connectivity index (χ4n) is 2.51. The quantitative estimate of drug-likeness (QED) is 0.537. The minimum Gasteiger partial charge on any atom is -0.496 e. The normalized spacial score (nSPS) is 18.0. The summed E-state index contributed by atoms with van der Waals surface area (Å²) in [6.45, 7) is 0.801. The van der Waals surface area contributed by atoms with Crippen molar-refractivity contribution in [1.82, 2.24) is 5.32 Å². The second-order valence-electron chi connectivity index (χ2n) is 5.48. The van der Waals surface area contributed by atoms with Crippen molar-refractivity contribution in [2.24, 2.45) is 11.7 Å². The van der Waals surface area contributed by atoms with Gasteiger partial charge in [-0.25, -0.2) is 0 Å². The molecule has 3 N–H and O–H groups in total. The van der Waals surface area contributed by atoms with E-state index in [1.54, 1.807) is 0 Å². The van der Waals surface area contributed by atoms with E-state index < -0.39 is 16.9 Å². The van der Waals surface area contributed by atoms with Gasteiger partial charge in [-0.15, -0.1) is 0 Å². The van der Waals surface area contributed by atoms with Crippen molar-refractivity contribution in [3.63, 3.8) is 0 Å². The molecule has 0 unspecified atom stereocenters. The summed E-state index contributed by atoms with van der Waals surface area (Å²) < 4.78 is 10.3. The van der Waals surface area contributed by atoms with Crippen molar-refractivity contribution in [1.29, 1.82) is 0 Å². The van der Waals surface area contributed by atoms with Crippen LogP contribution in [0.4, 0.5) is 5.69 Å². The lowest BCUT2D eigenvalue weighted by molar-refractivity contribution is -0.384. The number of nitro benzene ring substituents is 1. The lowest BCUT2D eigenvalue weighted by atomic mass is 10.0. The number of carbonyl (C=O) groups is 2. The lowest BCUT2D eigenvalue weighted by Gasteiger charge is -2.19. The topological polar surface area (TPSA) is 134 Å². The predicted molar refractivity (Wildman–Crippen MR) is 83.4 cm³/mol. The number of methoxy groups -OCH3 is 1. The maximum absolute atomic E-state index is 12.1. The number of nitrogens with zero attached hydrogens (tertiary/aromatic N) is 1. The highest BCUT2D eigenvalue weighted by Crippen LogP contribution is 2.25. The van der Waals surface area contributed by atoms with E-state index >= 15 is 0 Å². The smallest absolute Gasteiger partial charge is 0.269 e. The molecule has 24 heavy (non-hydrogen) atoms. The molecule has 1 saturated heterocycles. The van der Waals surface area contributed by atoms with Crippen molar-refractivity contribution in [2.45, 2.75) is 18.9 Å². The molecule has 1 heterocycles. The molecule has 0 spiro atoms. The molecule has 2 rings (SSSR count). The van der Waals surface area contributed by atoms with E-state index in [1.165, 1.54) is 25.3 Å². The van der Waals surface area contributed by atoms with Gasteiger partial charge in [0, 0.05) is 30.7 Å². The maximum atomic E-state index is 12.1. The first kappa shape index (κ1) is 17.7. The third-order valence-corrected chi connectivity index (χ3v) is 3.86. The Bertz CT molecular complexity index is 642. The number of nitro groups is 1. The van der Waals surface area contributed by atoms with Gasteiger partial charge in [-0.05, 0) is 12.5 Å². The van der Waals surface area contributed by atoms with Crippen LogP contribution in [0.1, 0.15) is 12.0 Å². The summed E-state index contributed by atoms with van der Waals surface area (Å²) in [5, 5.41) is 13.5. The number of non-ortho nitro benzene ring substituents is 1. The van der Waals surface area contributed by atoms with Crippen LogP contribution in [0.25, 0.3) is 0 Å². The van der Waals surface area contributed by atoms with Crippen LogP contribution in [-0.4, -0.2) is 43.1 Å². The molecule has 2 atom stereocenters. The Morgan fingerprint density at radius 3 is 2.83 bits per heavy atom. The fraction of sp³-hybridized carbons (Fsp3) is 0.467. The highest BCUT2D eigenvalue weighted by molar-refractivity contribution is 5.88. The molecule has 0 aliphatic carbocycles. The third kappa shape index (κ3) is 4.19. The summed E-state index contributed by atoms with van der Waals surface area (Å²) >= 11 is 0. The molecule has 1 aliphatic heterocycles. The first-order chi connectivity index (χ1) is 11.4. The zero-order valence-electron chi connectivity index (χ0n) is 13.2.